The molecule has 9 rings (SSSR count). The summed E-state index contributed by atoms with van der Waals surface area (Å²) in [5.41, 5.74) is 18.5. The summed E-state index contributed by atoms with van der Waals surface area (Å²) in [4.78, 5) is 0. The number of para-hydroxylation sites is 1. The lowest BCUT2D eigenvalue weighted by atomic mass is 9.93. The molecule has 158 valence electrons. The Morgan fingerprint density at radius 2 is 1.24 bits per heavy atom. The standard InChI is InChI=1S/C33H21N/c1-4-10-25-19(6-1)14-22-18-31-23(17-28(22)25)15-21-8-5-11-27-32-29-16-20-7-2-3-9-24(20)26(29)12-13-30(32)34(31)33(21)27/h1-13,17-18H,14-16H2. The van der Waals surface area contributed by atoms with Gasteiger partial charge < -0.3 is 4.57 Å². The van der Waals surface area contributed by atoms with Crippen molar-refractivity contribution in [2.75, 3.05) is 0 Å². The maximum Gasteiger partial charge on any atom is 0.0576 e. The van der Waals surface area contributed by atoms with Gasteiger partial charge in [0.05, 0.1) is 16.7 Å². The largest absolute Gasteiger partial charge is 0.309 e. The van der Waals surface area contributed by atoms with Gasteiger partial charge >= 0.3 is 0 Å². The zero-order chi connectivity index (χ0) is 22.0. The van der Waals surface area contributed by atoms with E-state index in [4.69, 9.17) is 0 Å². The Bertz CT molecular complexity index is 1880. The van der Waals surface area contributed by atoms with Gasteiger partial charge in [-0.1, -0.05) is 72.8 Å². The van der Waals surface area contributed by atoms with E-state index in [0.29, 0.717) is 0 Å². The van der Waals surface area contributed by atoms with E-state index < -0.39 is 0 Å². The van der Waals surface area contributed by atoms with Crippen molar-refractivity contribution in [1.82, 2.24) is 4.57 Å². The minimum atomic E-state index is 1.00. The molecule has 0 saturated carbocycles. The van der Waals surface area contributed by atoms with Crippen LogP contribution in [0, 0.1) is 0 Å². The van der Waals surface area contributed by atoms with Gasteiger partial charge in [0.15, 0.2) is 0 Å². The van der Waals surface area contributed by atoms with Crippen LogP contribution in [0.3, 0.4) is 0 Å². The fraction of sp³-hybridized carbons (Fsp3) is 0.0909. The second kappa shape index (κ2) is 5.87. The summed E-state index contributed by atoms with van der Waals surface area (Å²) in [5, 5.41) is 2.86. The van der Waals surface area contributed by atoms with Crippen molar-refractivity contribution in [3.05, 3.63) is 124 Å². The van der Waals surface area contributed by atoms with Crippen LogP contribution in [0.1, 0.15) is 33.4 Å². The zero-order valence-electron chi connectivity index (χ0n) is 18.7. The highest BCUT2D eigenvalue weighted by molar-refractivity contribution is 6.15. The third kappa shape index (κ3) is 1.98. The minimum Gasteiger partial charge on any atom is -0.309 e. The highest BCUT2D eigenvalue weighted by Gasteiger charge is 2.29. The molecule has 5 aromatic carbocycles. The SMILES string of the molecule is c1ccc2c(c1)Cc1cc3c(cc1-2)Cc1cccc2c4c5c(ccc4n-3c12)-c1ccccc1C5. The smallest absolute Gasteiger partial charge is 0.0576 e. The maximum atomic E-state index is 2.57. The summed E-state index contributed by atoms with van der Waals surface area (Å²) in [7, 11) is 0. The van der Waals surface area contributed by atoms with Crippen LogP contribution < -0.4 is 0 Å². The predicted molar refractivity (Wildman–Crippen MR) is 140 cm³/mol. The van der Waals surface area contributed by atoms with Crippen molar-refractivity contribution in [2.45, 2.75) is 19.3 Å². The third-order valence-electron chi connectivity index (χ3n) is 8.43. The fourth-order valence-electron chi connectivity index (χ4n) is 7.03. The Hall–Kier alpha value is -4.10. The van der Waals surface area contributed by atoms with Crippen LogP contribution in [0.2, 0.25) is 0 Å². The normalized spacial score (nSPS) is 14.1. The summed E-state index contributed by atoms with van der Waals surface area (Å²) >= 11 is 0. The van der Waals surface area contributed by atoms with E-state index in [-0.39, 0.29) is 0 Å². The Balaban J connectivity index is 1.38. The zero-order valence-corrected chi connectivity index (χ0v) is 18.7. The number of hydrogen-bond acceptors (Lipinski definition) is 0. The van der Waals surface area contributed by atoms with Crippen molar-refractivity contribution in [3.63, 3.8) is 0 Å². The molecular weight excluding hydrogens is 410 g/mol. The predicted octanol–water partition coefficient (Wildman–Crippen LogP) is 7.83. The number of fused-ring (bicyclic) bond motifs is 12. The number of benzene rings is 5. The van der Waals surface area contributed by atoms with Crippen LogP contribution in [-0.4, -0.2) is 4.57 Å². The van der Waals surface area contributed by atoms with Crippen molar-refractivity contribution in [2.24, 2.45) is 0 Å². The molecule has 3 aliphatic rings. The Kier molecular flexibility index (Phi) is 3.00. The third-order valence-corrected chi connectivity index (χ3v) is 8.43. The van der Waals surface area contributed by atoms with Crippen LogP contribution in [0.15, 0.2) is 91.0 Å². The van der Waals surface area contributed by atoms with Crippen LogP contribution >= 0.6 is 0 Å². The van der Waals surface area contributed by atoms with Crippen molar-refractivity contribution in [1.29, 1.82) is 0 Å². The first kappa shape index (κ1) is 17.4. The van der Waals surface area contributed by atoms with E-state index >= 15 is 0 Å². The molecule has 0 N–H and O–H groups in total. The Morgan fingerprint density at radius 3 is 2.12 bits per heavy atom. The minimum absolute atomic E-state index is 1.00. The van der Waals surface area contributed by atoms with E-state index in [1.165, 1.54) is 83.1 Å². The molecule has 1 aliphatic heterocycles. The summed E-state index contributed by atoms with van der Waals surface area (Å²) in [5.74, 6) is 0. The van der Waals surface area contributed by atoms with E-state index in [1.807, 2.05) is 0 Å². The van der Waals surface area contributed by atoms with Gasteiger partial charge in [-0.15, -0.1) is 0 Å². The summed E-state index contributed by atoms with van der Waals surface area (Å²) in [6.45, 7) is 0. The molecule has 34 heavy (non-hydrogen) atoms. The molecule has 2 heterocycles. The molecule has 0 bridgehead atoms. The molecule has 0 saturated heterocycles. The van der Waals surface area contributed by atoms with Gasteiger partial charge in [-0.2, -0.15) is 0 Å². The molecule has 0 radical (unpaired) electrons. The van der Waals surface area contributed by atoms with Gasteiger partial charge in [-0.05, 0) is 86.7 Å². The summed E-state index contributed by atoms with van der Waals surface area (Å²) in [6, 6.07) is 34.5. The highest BCUT2D eigenvalue weighted by Crippen LogP contribution is 2.48. The van der Waals surface area contributed by atoms with Crippen LogP contribution in [-0.2, 0) is 19.3 Å². The first-order valence-electron chi connectivity index (χ1n) is 12.3. The monoisotopic (exact) mass is 431 g/mol. The van der Waals surface area contributed by atoms with Gasteiger partial charge in [0.25, 0.3) is 0 Å². The Morgan fingerprint density at radius 1 is 0.500 bits per heavy atom. The number of hydrogen-bond donors (Lipinski definition) is 0. The Labute approximate surface area is 197 Å². The van der Waals surface area contributed by atoms with Gasteiger partial charge in [-0.25, -0.2) is 0 Å². The molecular formula is C33H21N. The highest BCUT2D eigenvalue weighted by atomic mass is 15.0. The average Bonchev–Trinajstić information content (AvgIpc) is 3.53. The van der Waals surface area contributed by atoms with Crippen LogP contribution in [0.25, 0.3) is 49.7 Å². The topological polar surface area (TPSA) is 4.93 Å². The van der Waals surface area contributed by atoms with E-state index in [0.717, 1.165) is 19.3 Å². The van der Waals surface area contributed by atoms with E-state index in [2.05, 4.69) is 95.6 Å². The lowest BCUT2D eigenvalue weighted by Crippen LogP contribution is -2.08. The maximum absolute atomic E-state index is 2.57. The molecule has 0 unspecified atom stereocenters. The molecule has 1 heteroatoms. The lowest BCUT2D eigenvalue weighted by molar-refractivity contribution is 1.04. The van der Waals surface area contributed by atoms with Crippen molar-refractivity contribution >= 4 is 21.8 Å². The molecule has 1 nitrogen and oxygen atoms in total. The summed E-state index contributed by atoms with van der Waals surface area (Å²) in [6.07, 6.45) is 3.06. The number of rotatable bonds is 0. The second-order valence-corrected chi connectivity index (χ2v) is 10.1. The quantitative estimate of drug-likeness (QED) is 0.231. The number of nitrogens with zero attached hydrogens (tertiary/aromatic N) is 1. The first-order valence-corrected chi connectivity index (χ1v) is 12.3. The molecule has 0 fully saturated rings. The average molecular weight is 432 g/mol. The van der Waals surface area contributed by atoms with E-state index in [1.54, 1.807) is 0 Å². The molecule has 0 atom stereocenters. The van der Waals surface area contributed by atoms with Gasteiger partial charge in [0, 0.05) is 17.2 Å². The van der Waals surface area contributed by atoms with Crippen molar-refractivity contribution in [3.8, 4) is 27.9 Å². The van der Waals surface area contributed by atoms with Crippen molar-refractivity contribution < 1.29 is 0 Å². The molecule has 6 aromatic rings. The first-order chi connectivity index (χ1) is 16.8. The van der Waals surface area contributed by atoms with E-state index in [9.17, 15) is 0 Å². The van der Waals surface area contributed by atoms with Crippen LogP contribution in [0.5, 0.6) is 0 Å². The fourth-order valence-corrected chi connectivity index (χ4v) is 7.03. The van der Waals surface area contributed by atoms with Gasteiger partial charge in [-0.3, -0.25) is 0 Å². The lowest BCUT2D eigenvalue weighted by Gasteiger charge is -2.22. The molecule has 0 spiro atoms. The summed E-state index contributed by atoms with van der Waals surface area (Å²) < 4.78 is 2.57. The molecule has 1 aromatic heterocycles. The second-order valence-electron chi connectivity index (χ2n) is 10.1. The van der Waals surface area contributed by atoms with Gasteiger partial charge in [0.2, 0.25) is 0 Å². The number of aromatic nitrogens is 1. The molecule has 2 aliphatic carbocycles. The molecule has 0 amide bonds. The van der Waals surface area contributed by atoms with Crippen LogP contribution in [0.4, 0.5) is 0 Å². The van der Waals surface area contributed by atoms with Gasteiger partial charge in [0.1, 0.15) is 0 Å².